The van der Waals surface area contributed by atoms with E-state index in [4.69, 9.17) is 16.7 Å². The first-order chi connectivity index (χ1) is 8.43. The van der Waals surface area contributed by atoms with Crippen LogP contribution >= 0.6 is 11.6 Å². The number of fused-ring (bicyclic) bond motifs is 1. The van der Waals surface area contributed by atoms with E-state index in [0.29, 0.717) is 5.15 Å². The highest BCUT2D eigenvalue weighted by Crippen LogP contribution is 2.33. The van der Waals surface area contributed by atoms with Gasteiger partial charge in [-0.2, -0.15) is 0 Å². The summed E-state index contributed by atoms with van der Waals surface area (Å²) in [4.78, 5) is 10.6. The minimum atomic E-state index is -0.980. The lowest BCUT2D eigenvalue weighted by molar-refractivity contribution is -0.131. The number of halogens is 1. The van der Waals surface area contributed by atoms with Crippen molar-refractivity contribution in [3.63, 3.8) is 0 Å². The van der Waals surface area contributed by atoms with Crippen LogP contribution in [0.3, 0.4) is 0 Å². The van der Waals surface area contributed by atoms with E-state index in [2.05, 4.69) is 0 Å². The van der Waals surface area contributed by atoms with Crippen LogP contribution in [0.5, 0.6) is 0 Å². The molecule has 0 fully saturated rings. The molecule has 2 rings (SSSR count). The van der Waals surface area contributed by atoms with Gasteiger partial charge in [-0.3, -0.25) is 0 Å². The molecule has 0 aliphatic heterocycles. The van der Waals surface area contributed by atoms with Gasteiger partial charge in [0.2, 0.25) is 0 Å². The minimum absolute atomic E-state index is 0.552. The first-order valence-electron chi connectivity index (χ1n) is 5.58. The fourth-order valence-electron chi connectivity index (χ4n) is 2.15. The number of carbonyl (C=O) groups is 1. The smallest absolute Gasteiger partial charge is 0.328 e. The molecule has 1 N–H and O–H groups in total. The Morgan fingerprint density at radius 3 is 2.67 bits per heavy atom. The molecule has 0 unspecified atom stereocenters. The predicted molar refractivity (Wildman–Crippen MR) is 74.1 cm³/mol. The second-order valence-corrected chi connectivity index (χ2v) is 4.70. The molecule has 1 aromatic carbocycles. The topological polar surface area (TPSA) is 42.2 Å². The van der Waals surface area contributed by atoms with Gasteiger partial charge in [0, 0.05) is 24.1 Å². The molecule has 0 atom stereocenters. The monoisotopic (exact) mass is 263 g/mol. The number of benzene rings is 1. The third-order valence-electron chi connectivity index (χ3n) is 3.24. The summed E-state index contributed by atoms with van der Waals surface area (Å²) in [6.07, 6.45) is 2.65. The number of rotatable bonds is 2. The van der Waals surface area contributed by atoms with Crippen molar-refractivity contribution in [1.82, 2.24) is 4.57 Å². The Morgan fingerprint density at radius 1 is 1.39 bits per heavy atom. The summed E-state index contributed by atoms with van der Waals surface area (Å²) in [5, 5.41) is 10.2. The number of nitrogens with zero attached hydrogens (tertiary/aromatic N) is 1. The molecule has 4 heteroatoms. The van der Waals surface area contributed by atoms with Gasteiger partial charge in [0.05, 0.1) is 5.52 Å². The molecule has 0 spiro atoms. The van der Waals surface area contributed by atoms with Gasteiger partial charge in [-0.25, -0.2) is 4.79 Å². The lowest BCUT2D eigenvalue weighted by Gasteiger charge is -2.04. The first-order valence-corrected chi connectivity index (χ1v) is 5.96. The fraction of sp³-hybridized carbons (Fsp3) is 0.214. The molecule has 0 aliphatic carbocycles. The van der Waals surface area contributed by atoms with Gasteiger partial charge in [0.1, 0.15) is 5.15 Å². The van der Waals surface area contributed by atoms with Crippen LogP contribution in [0.25, 0.3) is 17.0 Å². The normalized spacial score (nSPS) is 11.6. The van der Waals surface area contributed by atoms with Crippen molar-refractivity contribution in [2.75, 3.05) is 0 Å². The molecule has 0 saturated carbocycles. The Morgan fingerprint density at radius 2 is 2.06 bits per heavy atom. The zero-order valence-electron chi connectivity index (χ0n) is 10.5. The largest absolute Gasteiger partial charge is 0.478 e. The summed E-state index contributed by atoms with van der Waals surface area (Å²) in [6.45, 7) is 4.08. The molecule has 0 radical (unpaired) electrons. The van der Waals surface area contributed by atoms with E-state index in [1.807, 2.05) is 37.6 Å². The van der Waals surface area contributed by atoms with Gasteiger partial charge >= 0.3 is 5.97 Å². The van der Waals surface area contributed by atoms with Crippen LogP contribution in [0.4, 0.5) is 0 Å². The van der Waals surface area contributed by atoms with Crippen molar-refractivity contribution >= 4 is 34.5 Å². The Labute approximate surface area is 110 Å². The number of aryl methyl sites for hydroxylation is 3. The molecule has 3 nitrogen and oxygen atoms in total. The van der Waals surface area contributed by atoms with Crippen molar-refractivity contribution in [1.29, 1.82) is 0 Å². The van der Waals surface area contributed by atoms with E-state index < -0.39 is 5.97 Å². The molecule has 1 aromatic heterocycles. The summed E-state index contributed by atoms with van der Waals surface area (Å²) >= 11 is 6.26. The summed E-state index contributed by atoms with van der Waals surface area (Å²) in [6, 6.07) is 4.00. The maximum absolute atomic E-state index is 10.6. The molecule has 18 heavy (non-hydrogen) atoms. The molecule has 1 heterocycles. The van der Waals surface area contributed by atoms with Crippen LogP contribution in [-0.2, 0) is 11.8 Å². The lowest BCUT2D eigenvalue weighted by Crippen LogP contribution is -1.91. The van der Waals surface area contributed by atoms with Crippen molar-refractivity contribution in [2.24, 2.45) is 7.05 Å². The van der Waals surface area contributed by atoms with E-state index in [9.17, 15) is 4.79 Å². The Hall–Kier alpha value is -1.74. The Bertz CT molecular complexity index is 668. The average molecular weight is 264 g/mol. The van der Waals surface area contributed by atoms with Gasteiger partial charge < -0.3 is 9.67 Å². The Kier molecular flexibility index (Phi) is 3.18. The highest BCUT2D eigenvalue weighted by Gasteiger charge is 2.14. The van der Waals surface area contributed by atoms with Gasteiger partial charge in [-0.05, 0) is 31.1 Å². The highest BCUT2D eigenvalue weighted by molar-refractivity contribution is 6.33. The minimum Gasteiger partial charge on any atom is -0.478 e. The van der Waals surface area contributed by atoms with Crippen LogP contribution in [-0.4, -0.2) is 15.6 Å². The maximum atomic E-state index is 10.6. The third-order valence-corrected chi connectivity index (χ3v) is 3.69. The molecule has 2 aromatic rings. The molecule has 94 valence electrons. The Balaban J connectivity index is 2.80. The standard InChI is InChI=1S/C14H14ClNO2/c1-8-4-5-10-11(6-7-12(17)18)14(15)16(3)13(10)9(8)2/h4-7H,1-3H3,(H,17,18)/b7-6+. The van der Waals surface area contributed by atoms with Crippen molar-refractivity contribution < 1.29 is 9.90 Å². The fourth-order valence-corrected chi connectivity index (χ4v) is 2.40. The maximum Gasteiger partial charge on any atom is 0.328 e. The van der Waals surface area contributed by atoms with Crippen LogP contribution in [0.15, 0.2) is 18.2 Å². The highest BCUT2D eigenvalue weighted by atomic mass is 35.5. The zero-order valence-corrected chi connectivity index (χ0v) is 11.2. The molecular formula is C14H14ClNO2. The third kappa shape index (κ3) is 1.91. The van der Waals surface area contributed by atoms with Crippen molar-refractivity contribution in [3.8, 4) is 0 Å². The predicted octanol–water partition coefficient (Wildman–Crippen LogP) is 3.55. The van der Waals surface area contributed by atoms with Crippen LogP contribution < -0.4 is 0 Å². The van der Waals surface area contributed by atoms with E-state index >= 15 is 0 Å². The van der Waals surface area contributed by atoms with E-state index in [0.717, 1.165) is 28.1 Å². The first kappa shape index (κ1) is 12.7. The summed E-state index contributed by atoms with van der Waals surface area (Å²) in [7, 11) is 1.88. The molecule has 0 aliphatic rings. The number of carboxylic acid groups (broad SMARTS) is 1. The van der Waals surface area contributed by atoms with E-state index in [1.54, 1.807) is 6.08 Å². The van der Waals surface area contributed by atoms with Gasteiger partial charge in [-0.15, -0.1) is 0 Å². The molecular weight excluding hydrogens is 250 g/mol. The van der Waals surface area contributed by atoms with Crippen LogP contribution in [0.1, 0.15) is 16.7 Å². The van der Waals surface area contributed by atoms with E-state index in [1.165, 1.54) is 5.56 Å². The molecule has 0 amide bonds. The van der Waals surface area contributed by atoms with Gasteiger partial charge in [0.25, 0.3) is 0 Å². The molecule has 0 bridgehead atoms. The average Bonchev–Trinajstić information content (AvgIpc) is 2.55. The number of carboxylic acids is 1. The lowest BCUT2D eigenvalue weighted by atomic mass is 10.0. The molecule has 0 saturated heterocycles. The van der Waals surface area contributed by atoms with Crippen molar-refractivity contribution in [3.05, 3.63) is 40.1 Å². The van der Waals surface area contributed by atoms with E-state index in [-0.39, 0.29) is 0 Å². The zero-order chi connectivity index (χ0) is 13.4. The second kappa shape index (κ2) is 4.50. The summed E-state index contributed by atoms with van der Waals surface area (Å²) in [5.74, 6) is -0.980. The quantitative estimate of drug-likeness (QED) is 0.842. The van der Waals surface area contributed by atoms with Crippen LogP contribution in [0, 0.1) is 13.8 Å². The van der Waals surface area contributed by atoms with Gasteiger partial charge in [0.15, 0.2) is 0 Å². The summed E-state index contributed by atoms with van der Waals surface area (Å²) < 4.78 is 1.89. The number of aromatic nitrogens is 1. The van der Waals surface area contributed by atoms with Gasteiger partial charge in [-0.1, -0.05) is 23.7 Å². The number of hydrogen-bond acceptors (Lipinski definition) is 1. The van der Waals surface area contributed by atoms with Crippen LogP contribution in [0.2, 0.25) is 5.15 Å². The van der Waals surface area contributed by atoms with Crippen molar-refractivity contribution in [2.45, 2.75) is 13.8 Å². The number of aliphatic carboxylic acids is 1. The summed E-state index contributed by atoms with van der Waals surface area (Å²) in [5.41, 5.74) is 4.14. The second-order valence-electron chi connectivity index (χ2n) is 4.34. The number of hydrogen-bond donors (Lipinski definition) is 1. The SMILES string of the molecule is Cc1ccc2c(/C=C/C(=O)O)c(Cl)n(C)c2c1C.